The third kappa shape index (κ3) is 2.78. The maximum atomic E-state index is 12.9. The molecule has 5 heteroatoms. The Morgan fingerprint density at radius 2 is 1.92 bits per heavy atom. The van der Waals surface area contributed by atoms with Gasteiger partial charge in [-0.05, 0) is 25.5 Å². The molecule has 2 fully saturated rings. The number of carbonyl (C=O) groups is 1. The Balaban J connectivity index is 1.53. The second kappa shape index (κ2) is 6.49. The van der Waals surface area contributed by atoms with Crippen LogP contribution >= 0.6 is 0 Å². The fourth-order valence-corrected chi connectivity index (χ4v) is 3.94. The number of morpholine rings is 1. The molecule has 0 unspecified atom stereocenters. The molecule has 5 nitrogen and oxygen atoms in total. The molecular formula is C19H23N3O2. The molecule has 0 N–H and O–H groups in total. The van der Waals surface area contributed by atoms with Crippen LogP contribution in [0.1, 0.15) is 23.8 Å². The maximum absolute atomic E-state index is 12.9. The van der Waals surface area contributed by atoms with Crippen molar-refractivity contribution < 1.29 is 9.53 Å². The molecule has 0 spiro atoms. The summed E-state index contributed by atoms with van der Waals surface area (Å²) in [6.45, 7) is 6.48. The van der Waals surface area contributed by atoms with Gasteiger partial charge in [0.15, 0.2) is 0 Å². The molecule has 2 saturated heterocycles. The largest absolute Gasteiger partial charge is 0.379 e. The van der Waals surface area contributed by atoms with E-state index in [2.05, 4.69) is 16.8 Å². The van der Waals surface area contributed by atoms with E-state index in [0.717, 1.165) is 50.2 Å². The molecule has 0 radical (unpaired) electrons. The van der Waals surface area contributed by atoms with Crippen LogP contribution in [0.3, 0.4) is 0 Å². The lowest BCUT2D eigenvalue weighted by molar-refractivity contribution is 0.0104. The molecule has 0 bridgehead atoms. The molecule has 1 amide bonds. The van der Waals surface area contributed by atoms with E-state index < -0.39 is 0 Å². The topological polar surface area (TPSA) is 45.7 Å². The zero-order chi connectivity index (χ0) is 16.5. The Morgan fingerprint density at radius 3 is 2.75 bits per heavy atom. The first-order chi connectivity index (χ1) is 11.7. The van der Waals surface area contributed by atoms with Crippen LogP contribution in [0.4, 0.5) is 0 Å². The molecule has 1 aromatic carbocycles. The summed E-state index contributed by atoms with van der Waals surface area (Å²) in [6.07, 6.45) is 1.03. The number of ether oxygens (including phenoxy) is 1. The monoisotopic (exact) mass is 325 g/mol. The maximum Gasteiger partial charge on any atom is 0.272 e. The van der Waals surface area contributed by atoms with Crippen LogP contribution in [0, 0.1) is 0 Å². The van der Waals surface area contributed by atoms with Gasteiger partial charge >= 0.3 is 0 Å². The normalized spacial score (nSPS) is 25.3. The Hall–Kier alpha value is -1.98. The molecule has 2 aromatic rings. The molecule has 2 aliphatic rings. The van der Waals surface area contributed by atoms with Gasteiger partial charge < -0.3 is 9.64 Å². The van der Waals surface area contributed by atoms with E-state index in [-0.39, 0.29) is 11.9 Å². The first kappa shape index (κ1) is 15.5. The van der Waals surface area contributed by atoms with Crippen molar-refractivity contribution in [2.75, 3.05) is 32.8 Å². The van der Waals surface area contributed by atoms with Crippen molar-refractivity contribution in [3.63, 3.8) is 0 Å². The fraction of sp³-hybridized carbons (Fsp3) is 0.474. The number of para-hydroxylation sites is 1. The first-order valence-corrected chi connectivity index (χ1v) is 8.72. The highest BCUT2D eigenvalue weighted by Gasteiger charge is 2.38. The number of amides is 1. The van der Waals surface area contributed by atoms with Gasteiger partial charge in [-0.15, -0.1) is 0 Å². The highest BCUT2D eigenvalue weighted by molar-refractivity contribution is 5.95. The summed E-state index contributed by atoms with van der Waals surface area (Å²) in [4.78, 5) is 22.0. The number of carbonyl (C=O) groups excluding carboxylic acids is 1. The van der Waals surface area contributed by atoms with Crippen LogP contribution < -0.4 is 0 Å². The minimum atomic E-state index is 0.0454. The van der Waals surface area contributed by atoms with Gasteiger partial charge in [-0.3, -0.25) is 9.69 Å². The number of rotatable bonds is 2. The number of aromatic nitrogens is 1. The predicted octanol–water partition coefficient (Wildman–Crippen LogP) is 2.17. The van der Waals surface area contributed by atoms with Crippen molar-refractivity contribution in [3.8, 4) is 0 Å². The highest BCUT2D eigenvalue weighted by atomic mass is 16.5. The van der Waals surface area contributed by atoms with Crippen molar-refractivity contribution >= 4 is 16.8 Å². The molecule has 1 aromatic heterocycles. The Morgan fingerprint density at radius 1 is 1.12 bits per heavy atom. The molecule has 0 aliphatic carbocycles. The zero-order valence-corrected chi connectivity index (χ0v) is 14.0. The Kier molecular flexibility index (Phi) is 4.21. The van der Waals surface area contributed by atoms with E-state index in [1.54, 1.807) is 0 Å². The third-order valence-corrected chi connectivity index (χ3v) is 5.31. The lowest BCUT2D eigenvalue weighted by Crippen LogP contribution is -2.49. The lowest BCUT2D eigenvalue weighted by Gasteiger charge is -2.35. The van der Waals surface area contributed by atoms with Crippen molar-refractivity contribution in [2.24, 2.45) is 0 Å². The van der Waals surface area contributed by atoms with Crippen molar-refractivity contribution in [1.82, 2.24) is 14.8 Å². The summed E-state index contributed by atoms with van der Waals surface area (Å²) < 4.78 is 5.45. The van der Waals surface area contributed by atoms with Crippen LogP contribution in [0.15, 0.2) is 36.4 Å². The van der Waals surface area contributed by atoms with E-state index in [1.807, 2.05) is 41.3 Å². The summed E-state index contributed by atoms with van der Waals surface area (Å²) >= 11 is 0. The number of hydrogen-bond acceptors (Lipinski definition) is 4. The zero-order valence-electron chi connectivity index (χ0n) is 14.0. The summed E-state index contributed by atoms with van der Waals surface area (Å²) in [5.74, 6) is 0.0454. The molecule has 24 heavy (non-hydrogen) atoms. The minimum Gasteiger partial charge on any atom is -0.379 e. The first-order valence-electron chi connectivity index (χ1n) is 8.72. The number of benzene rings is 1. The smallest absolute Gasteiger partial charge is 0.272 e. The van der Waals surface area contributed by atoms with E-state index in [9.17, 15) is 4.79 Å². The quantitative estimate of drug-likeness (QED) is 0.849. The van der Waals surface area contributed by atoms with Gasteiger partial charge in [-0.2, -0.15) is 0 Å². The molecule has 3 heterocycles. The van der Waals surface area contributed by atoms with Gasteiger partial charge in [0.25, 0.3) is 5.91 Å². The van der Waals surface area contributed by atoms with Gasteiger partial charge in [0, 0.05) is 37.1 Å². The van der Waals surface area contributed by atoms with Gasteiger partial charge in [-0.25, -0.2) is 4.98 Å². The van der Waals surface area contributed by atoms with E-state index in [0.29, 0.717) is 11.7 Å². The Labute approximate surface area is 142 Å². The number of fused-ring (bicyclic) bond motifs is 1. The van der Waals surface area contributed by atoms with Crippen molar-refractivity contribution in [2.45, 2.75) is 25.4 Å². The second-order valence-electron chi connectivity index (χ2n) is 6.63. The standard InChI is InChI=1S/C19H23N3O2/c1-14-18(21-10-12-24-13-11-21)8-9-22(14)19(23)17-7-6-15-4-2-3-5-16(15)20-17/h2-7,14,18H,8-13H2,1H3/t14-,18-/m1/s1. The van der Waals surface area contributed by atoms with Crippen LogP contribution in [0.2, 0.25) is 0 Å². The van der Waals surface area contributed by atoms with Crippen molar-refractivity contribution in [3.05, 3.63) is 42.1 Å². The minimum absolute atomic E-state index is 0.0454. The van der Waals surface area contributed by atoms with Crippen LogP contribution in [0.25, 0.3) is 10.9 Å². The van der Waals surface area contributed by atoms with Gasteiger partial charge in [-0.1, -0.05) is 24.3 Å². The van der Waals surface area contributed by atoms with Gasteiger partial charge in [0.05, 0.1) is 18.7 Å². The van der Waals surface area contributed by atoms with E-state index in [1.165, 1.54) is 0 Å². The fourth-order valence-electron chi connectivity index (χ4n) is 3.94. The lowest BCUT2D eigenvalue weighted by atomic mass is 10.1. The van der Waals surface area contributed by atoms with Crippen LogP contribution in [0.5, 0.6) is 0 Å². The number of nitrogens with zero attached hydrogens (tertiary/aromatic N) is 3. The molecule has 2 aliphatic heterocycles. The molecule has 4 rings (SSSR count). The molecular weight excluding hydrogens is 302 g/mol. The summed E-state index contributed by atoms with van der Waals surface area (Å²) in [6, 6.07) is 12.4. The second-order valence-corrected chi connectivity index (χ2v) is 6.63. The predicted molar refractivity (Wildman–Crippen MR) is 93.0 cm³/mol. The molecule has 126 valence electrons. The number of pyridine rings is 1. The Bertz CT molecular complexity index is 742. The van der Waals surface area contributed by atoms with Gasteiger partial charge in [0.1, 0.15) is 5.69 Å². The van der Waals surface area contributed by atoms with Crippen LogP contribution in [-0.4, -0.2) is 65.6 Å². The summed E-state index contributed by atoms with van der Waals surface area (Å²) in [5, 5.41) is 1.06. The van der Waals surface area contributed by atoms with Crippen molar-refractivity contribution in [1.29, 1.82) is 0 Å². The molecule has 2 atom stereocenters. The van der Waals surface area contributed by atoms with E-state index in [4.69, 9.17) is 4.74 Å². The van der Waals surface area contributed by atoms with E-state index >= 15 is 0 Å². The summed E-state index contributed by atoms with van der Waals surface area (Å²) in [5.41, 5.74) is 1.42. The average molecular weight is 325 g/mol. The molecule has 0 saturated carbocycles. The summed E-state index contributed by atoms with van der Waals surface area (Å²) in [7, 11) is 0. The number of hydrogen-bond donors (Lipinski definition) is 0. The highest BCUT2D eigenvalue weighted by Crippen LogP contribution is 2.25. The SMILES string of the molecule is C[C@@H]1[C@H](N2CCOCC2)CCN1C(=O)c1ccc2ccccc2n1. The van der Waals surface area contributed by atoms with Crippen LogP contribution in [-0.2, 0) is 4.74 Å². The van der Waals surface area contributed by atoms with Gasteiger partial charge in [0.2, 0.25) is 0 Å². The third-order valence-electron chi connectivity index (χ3n) is 5.31. The average Bonchev–Trinajstić information content (AvgIpc) is 3.03. The number of likely N-dealkylation sites (tertiary alicyclic amines) is 1.